The number of hydrogen-bond acceptors (Lipinski definition) is 4. The topological polar surface area (TPSA) is 93.1 Å². The summed E-state index contributed by atoms with van der Waals surface area (Å²) in [4.78, 5) is 40.5. The molecular formula is C18H18F4N4O3. The molecule has 0 saturated heterocycles. The van der Waals surface area contributed by atoms with Crippen LogP contribution in [-0.4, -0.2) is 39.4 Å². The van der Waals surface area contributed by atoms with E-state index in [0.29, 0.717) is 12.6 Å². The van der Waals surface area contributed by atoms with Gasteiger partial charge in [-0.25, -0.2) is 4.98 Å². The molecule has 156 valence electrons. The molecule has 2 rings (SSSR count). The molecule has 0 fully saturated rings. The fraction of sp³-hybridized carbons (Fsp3) is 0.333. The summed E-state index contributed by atoms with van der Waals surface area (Å²) in [6.45, 7) is 3.63. The van der Waals surface area contributed by atoms with Crippen molar-refractivity contribution >= 4 is 23.3 Å². The number of Topliss-reactive ketones (excluding diaryl/α,β-unsaturated/α-hetero) is 1. The summed E-state index contributed by atoms with van der Waals surface area (Å²) < 4.78 is 52.0. The molecule has 2 N–H and O–H groups in total. The quantitative estimate of drug-likeness (QED) is 0.341. The molecular weight excluding hydrogens is 396 g/mol. The normalized spacial score (nSPS) is 12.4. The predicted molar refractivity (Wildman–Crippen MR) is 95.0 cm³/mol. The van der Waals surface area contributed by atoms with E-state index in [9.17, 15) is 31.9 Å². The van der Waals surface area contributed by atoms with E-state index in [1.54, 1.807) is 5.32 Å². The minimum atomic E-state index is -4.71. The van der Waals surface area contributed by atoms with Crippen LogP contribution in [0.2, 0.25) is 0 Å². The van der Waals surface area contributed by atoms with Gasteiger partial charge in [-0.1, -0.05) is 0 Å². The number of ketones is 1. The molecule has 2 aromatic heterocycles. The van der Waals surface area contributed by atoms with Gasteiger partial charge in [0.25, 0.3) is 17.6 Å². The monoisotopic (exact) mass is 414 g/mol. The van der Waals surface area contributed by atoms with E-state index >= 15 is 0 Å². The Kier molecular flexibility index (Phi) is 6.10. The fourth-order valence-electron chi connectivity index (χ4n) is 2.73. The van der Waals surface area contributed by atoms with Gasteiger partial charge < -0.3 is 15.2 Å². The third-order valence-corrected chi connectivity index (χ3v) is 4.40. The van der Waals surface area contributed by atoms with Crippen molar-refractivity contribution in [3.05, 3.63) is 46.8 Å². The maximum Gasteiger partial charge on any atom is 0.408 e. The van der Waals surface area contributed by atoms with Crippen molar-refractivity contribution in [1.82, 2.24) is 14.9 Å². The highest BCUT2D eigenvalue weighted by atomic mass is 19.4. The highest BCUT2D eigenvalue weighted by molar-refractivity contribution is 6.43. The first kappa shape index (κ1) is 22.1. The van der Waals surface area contributed by atoms with Crippen LogP contribution in [0.4, 0.5) is 23.2 Å². The summed E-state index contributed by atoms with van der Waals surface area (Å²) in [7, 11) is 1.41. The van der Waals surface area contributed by atoms with Crippen LogP contribution in [0.1, 0.15) is 39.0 Å². The average Bonchev–Trinajstić information content (AvgIpc) is 2.84. The Hall–Kier alpha value is -3.24. The number of anilines is 1. The number of nitrogens with one attached hydrogen (secondary N) is 2. The number of pyridine rings is 1. The minimum Gasteiger partial charge on any atom is -0.344 e. The molecule has 2 amide bonds. The van der Waals surface area contributed by atoms with Gasteiger partial charge in [0.1, 0.15) is 6.04 Å². The predicted octanol–water partition coefficient (Wildman–Crippen LogP) is 2.68. The van der Waals surface area contributed by atoms with Crippen LogP contribution in [0.5, 0.6) is 0 Å². The van der Waals surface area contributed by atoms with Gasteiger partial charge in [-0.05, 0) is 38.5 Å². The molecule has 0 unspecified atom stereocenters. The van der Waals surface area contributed by atoms with E-state index in [4.69, 9.17) is 0 Å². The van der Waals surface area contributed by atoms with Crippen LogP contribution < -0.4 is 10.6 Å². The van der Waals surface area contributed by atoms with Gasteiger partial charge in [-0.3, -0.25) is 14.4 Å². The van der Waals surface area contributed by atoms with Crippen LogP contribution in [0.3, 0.4) is 0 Å². The van der Waals surface area contributed by atoms with Crippen molar-refractivity contribution in [2.24, 2.45) is 7.05 Å². The summed E-state index contributed by atoms with van der Waals surface area (Å²) in [5.74, 6) is -4.02. The number of alkyl halides is 3. The SMILES string of the molecule is Cc1c(C(=O)Nc2ccc(F)nc2)c(C)n(C)c1C(=O)C(=O)N[C@H](C)C(F)(F)F. The largest absolute Gasteiger partial charge is 0.408 e. The van der Waals surface area contributed by atoms with Crippen molar-refractivity contribution in [2.45, 2.75) is 33.0 Å². The van der Waals surface area contributed by atoms with Crippen molar-refractivity contribution in [1.29, 1.82) is 0 Å². The van der Waals surface area contributed by atoms with E-state index in [1.165, 1.54) is 31.5 Å². The number of aromatic nitrogens is 2. The van der Waals surface area contributed by atoms with Crippen LogP contribution in [0.25, 0.3) is 0 Å². The van der Waals surface area contributed by atoms with Gasteiger partial charge in [-0.2, -0.15) is 17.6 Å². The first-order chi connectivity index (χ1) is 13.3. The van der Waals surface area contributed by atoms with E-state index in [1.807, 2.05) is 0 Å². The number of carbonyl (C=O) groups is 3. The molecule has 0 aliphatic carbocycles. The Balaban J connectivity index is 2.31. The number of carbonyl (C=O) groups excluding carboxylic acids is 3. The van der Waals surface area contributed by atoms with E-state index in [-0.39, 0.29) is 22.5 Å². The number of hydrogen-bond donors (Lipinski definition) is 2. The molecule has 2 aromatic rings. The zero-order chi connectivity index (χ0) is 22.1. The Labute approximate surface area is 163 Å². The Bertz CT molecular complexity index is 965. The Morgan fingerprint density at radius 1 is 1.17 bits per heavy atom. The highest BCUT2D eigenvalue weighted by Gasteiger charge is 2.39. The molecule has 0 spiro atoms. The standard InChI is InChI=1S/C18H18F4N4O3/c1-8-13(16(28)25-11-5-6-12(19)23-7-11)9(2)26(4)14(8)15(27)17(29)24-10(3)18(20,21)22/h5-7,10H,1-4H3,(H,24,29)(H,25,28)/t10-/m1/s1. The van der Waals surface area contributed by atoms with Crippen LogP contribution in [0.15, 0.2) is 18.3 Å². The zero-order valence-electron chi connectivity index (χ0n) is 15.9. The van der Waals surface area contributed by atoms with E-state index < -0.39 is 35.8 Å². The van der Waals surface area contributed by atoms with Crippen LogP contribution in [0, 0.1) is 19.8 Å². The molecule has 0 aromatic carbocycles. The lowest BCUT2D eigenvalue weighted by Gasteiger charge is -2.16. The number of amides is 2. The highest BCUT2D eigenvalue weighted by Crippen LogP contribution is 2.24. The molecule has 7 nitrogen and oxygen atoms in total. The summed E-state index contributed by atoms with van der Waals surface area (Å²) in [5, 5.41) is 4.09. The molecule has 11 heteroatoms. The van der Waals surface area contributed by atoms with Crippen molar-refractivity contribution in [3.8, 4) is 0 Å². The molecule has 0 saturated carbocycles. The maximum atomic E-state index is 12.9. The molecule has 0 radical (unpaired) electrons. The lowest BCUT2D eigenvalue weighted by Crippen LogP contribution is -2.46. The smallest absolute Gasteiger partial charge is 0.344 e. The van der Waals surface area contributed by atoms with Gasteiger partial charge >= 0.3 is 6.18 Å². The summed E-state index contributed by atoms with van der Waals surface area (Å²) in [5.41, 5.74) is 0.491. The Morgan fingerprint density at radius 2 is 1.79 bits per heavy atom. The molecule has 29 heavy (non-hydrogen) atoms. The molecule has 0 aliphatic rings. The second-order valence-corrected chi connectivity index (χ2v) is 6.38. The zero-order valence-corrected chi connectivity index (χ0v) is 15.9. The second kappa shape index (κ2) is 8.02. The van der Waals surface area contributed by atoms with Crippen LogP contribution >= 0.6 is 0 Å². The molecule has 2 heterocycles. The van der Waals surface area contributed by atoms with E-state index in [2.05, 4.69) is 10.3 Å². The lowest BCUT2D eigenvalue weighted by atomic mass is 10.1. The van der Waals surface area contributed by atoms with Crippen molar-refractivity contribution < 1.29 is 31.9 Å². The summed E-state index contributed by atoms with van der Waals surface area (Å²) >= 11 is 0. The molecule has 0 aliphatic heterocycles. The number of halogens is 4. The van der Waals surface area contributed by atoms with Crippen LogP contribution in [-0.2, 0) is 11.8 Å². The van der Waals surface area contributed by atoms with Gasteiger partial charge in [0.2, 0.25) is 5.95 Å². The lowest BCUT2D eigenvalue weighted by molar-refractivity contribution is -0.156. The van der Waals surface area contributed by atoms with Crippen molar-refractivity contribution in [2.75, 3.05) is 5.32 Å². The molecule has 0 bridgehead atoms. The summed E-state index contributed by atoms with van der Waals surface area (Å²) in [6.07, 6.45) is -3.61. The third-order valence-electron chi connectivity index (χ3n) is 4.40. The van der Waals surface area contributed by atoms with E-state index in [0.717, 1.165) is 12.3 Å². The van der Waals surface area contributed by atoms with Gasteiger partial charge in [-0.15, -0.1) is 0 Å². The fourth-order valence-corrected chi connectivity index (χ4v) is 2.73. The van der Waals surface area contributed by atoms with Gasteiger partial charge in [0.15, 0.2) is 0 Å². The maximum absolute atomic E-state index is 12.9. The average molecular weight is 414 g/mol. The number of nitrogens with zero attached hydrogens (tertiary/aromatic N) is 2. The minimum absolute atomic E-state index is 0.0665. The van der Waals surface area contributed by atoms with Gasteiger partial charge in [0.05, 0.1) is 23.1 Å². The summed E-state index contributed by atoms with van der Waals surface area (Å²) in [6, 6.07) is 0.113. The first-order valence-electron chi connectivity index (χ1n) is 8.35. The first-order valence-corrected chi connectivity index (χ1v) is 8.35. The van der Waals surface area contributed by atoms with Crippen molar-refractivity contribution in [3.63, 3.8) is 0 Å². The third kappa shape index (κ3) is 4.61. The Morgan fingerprint density at radius 3 is 2.31 bits per heavy atom. The number of rotatable bonds is 5. The molecule has 1 atom stereocenters. The second-order valence-electron chi connectivity index (χ2n) is 6.38. The van der Waals surface area contributed by atoms with Gasteiger partial charge in [0, 0.05) is 12.7 Å².